The summed E-state index contributed by atoms with van der Waals surface area (Å²) in [6, 6.07) is 9.76. The van der Waals surface area contributed by atoms with Gasteiger partial charge in [-0.3, -0.25) is 9.80 Å². The van der Waals surface area contributed by atoms with Gasteiger partial charge in [-0.05, 0) is 58.0 Å². The van der Waals surface area contributed by atoms with Gasteiger partial charge < -0.3 is 5.73 Å². The van der Waals surface area contributed by atoms with E-state index in [0.29, 0.717) is 12.1 Å². The van der Waals surface area contributed by atoms with E-state index in [1.54, 1.807) is 0 Å². The molecular formula is C18H31N3. The lowest BCUT2D eigenvalue weighted by molar-refractivity contribution is 0.151. The molecule has 1 heterocycles. The van der Waals surface area contributed by atoms with Gasteiger partial charge in [-0.2, -0.15) is 0 Å². The first-order valence-electron chi connectivity index (χ1n) is 8.30. The number of nitrogens with two attached hydrogens (primary N) is 1. The lowest BCUT2D eigenvalue weighted by atomic mass is 9.95. The van der Waals surface area contributed by atoms with E-state index in [2.05, 4.69) is 61.9 Å². The van der Waals surface area contributed by atoms with E-state index in [0.717, 1.165) is 13.1 Å². The van der Waals surface area contributed by atoms with Gasteiger partial charge in [0.25, 0.3) is 0 Å². The van der Waals surface area contributed by atoms with Crippen molar-refractivity contribution in [2.75, 3.05) is 26.7 Å². The number of rotatable bonds is 6. The molecule has 1 aliphatic rings. The fourth-order valence-corrected chi connectivity index (χ4v) is 3.80. The predicted octanol–water partition coefficient (Wildman–Crippen LogP) is 2.80. The van der Waals surface area contributed by atoms with Crippen LogP contribution < -0.4 is 5.73 Å². The molecule has 3 nitrogen and oxygen atoms in total. The molecule has 0 aliphatic carbocycles. The van der Waals surface area contributed by atoms with Crippen molar-refractivity contribution in [3.63, 3.8) is 0 Å². The zero-order valence-corrected chi connectivity index (χ0v) is 14.0. The van der Waals surface area contributed by atoms with Crippen LogP contribution in [0.15, 0.2) is 24.3 Å². The Morgan fingerprint density at radius 2 is 2.10 bits per heavy atom. The van der Waals surface area contributed by atoms with Crippen LogP contribution in [-0.4, -0.2) is 48.6 Å². The Kier molecular flexibility index (Phi) is 5.80. The Morgan fingerprint density at radius 1 is 1.38 bits per heavy atom. The van der Waals surface area contributed by atoms with Crippen LogP contribution in [0.25, 0.3) is 0 Å². The topological polar surface area (TPSA) is 32.5 Å². The summed E-state index contributed by atoms with van der Waals surface area (Å²) in [7, 11) is 2.23. The summed E-state index contributed by atoms with van der Waals surface area (Å²) in [5, 5.41) is 0. The molecule has 0 radical (unpaired) electrons. The minimum Gasteiger partial charge on any atom is -0.326 e. The molecule has 0 bridgehead atoms. The lowest BCUT2D eigenvalue weighted by Gasteiger charge is -2.36. The minimum atomic E-state index is 0.132. The summed E-state index contributed by atoms with van der Waals surface area (Å²) in [4.78, 5) is 5.07. The molecule has 1 aromatic carbocycles. The number of likely N-dealkylation sites (tertiary alicyclic amines) is 1. The van der Waals surface area contributed by atoms with Gasteiger partial charge in [0, 0.05) is 24.7 Å². The molecule has 1 aliphatic heterocycles. The monoisotopic (exact) mass is 289 g/mol. The molecule has 2 N–H and O–H groups in total. The second-order valence-electron chi connectivity index (χ2n) is 6.52. The summed E-state index contributed by atoms with van der Waals surface area (Å²) in [5.74, 6) is 0. The largest absolute Gasteiger partial charge is 0.326 e. The molecule has 3 heteroatoms. The van der Waals surface area contributed by atoms with Crippen LogP contribution >= 0.6 is 0 Å². The first-order chi connectivity index (χ1) is 10.0. The Bertz CT molecular complexity index is 444. The summed E-state index contributed by atoms with van der Waals surface area (Å²) < 4.78 is 0. The predicted molar refractivity (Wildman–Crippen MR) is 90.5 cm³/mol. The summed E-state index contributed by atoms with van der Waals surface area (Å²) in [6.07, 6.45) is 2.65. The molecule has 3 unspecified atom stereocenters. The van der Waals surface area contributed by atoms with E-state index < -0.39 is 0 Å². The second-order valence-corrected chi connectivity index (χ2v) is 6.52. The third kappa shape index (κ3) is 3.85. The van der Waals surface area contributed by atoms with Crippen molar-refractivity contribution in [3.05, 3.63) is 35.4 Å². The van der Waals surface area contributed by atoms with Gasteiger partial charge in [0.1, 0.15) is 0 Å². The molecule has 21 heavy (non-hydrogen) atoms. The molecular weight excluding hydrogens is 258 g/mol. The highest BCUT2D eigenvalue weighted by atomic mass is 15.2. The maximum atomic E-state index is 6.32. The van der Waals surface area contributed by atoms with Gasteiger partial charge in [-0.1, -0.05) is 31.2 Å². The molecule has 0 amide bonds. The number of hydrogen-bond donors (Lipinski definition) is 1. The number of hydrogen-bond acceptors (Lipinski definition) is 3. The smallest absolute Gasteiger partial charge is 0.0496 e. The third-order valence-corrected chi connectivity index (χ3v) is 4.88. The van der Waals surface area contributed by atoms with Gasteiger partial charge >= 0.3 is 0 Å². The van der Waals surface area contributed by atoms with Crippen molar-refractivity contribution in [1.29, 1.82) is 0 Å². The molecule has 0 aromatic heterocycles. The Balaban J connectivity index is 2.13. The van der Waals surface area contributed by atoms with Crippen LogP contribution in [0.2, 0.25) is 0 Å². The van der Waals surface area contributed by atoms with E-state index in [1.807, 2.05) is 0 Å². The van der Waals surface area contributed by atoms with Gasteiger partial charge in [0.15, 0.2) is 0 Å². The van der Waals surface area contributed by atoms with E-state index in [9.17, 15) is 0 Å². The highest BCUT2D eigenvalue weighted by Gasteiger charge is 2.29. The Labute approximate surface area is 130 Å². The van der Waals surface area contributed by atoms with Crippen LogP contribution in [0.3, 0.4) is 0 Å². The molecule has 0 spiro atoms. The van der Waals surface area contributed by atoms with Crippen molar-refractivity contribution in [2.45, 2.75) is 51.7 Å². The minimum absolute atomic E-state index is 0.132. The van der Waals surface area contributed by atoms with E-state index in [-0.39, 0.29) is 6.04 Å². The average molecular weight is 289 g/mol. The average Bonchev–Trinajstić information content (AvgIpc) is 2.88. The summed E-state index contributed by atoms with van der Waals surface area (Å²) in [5.41, 5.74) is 9.03. The lowest BCUT2D eigenvalue weighted by Crippen LogP contribution is -2.44. The van der Waals surface area contributed by atoms with Gasteiger partial charge in [0.2, 0.25) is 0 Å². The molecule has 118 valence electrons. The number of likely N-dealkylation sites (N-methyl/N-ethyl adjacent to an activating group) is 2. The standard InChI is InChI=1S/C18H31N3/c1-5-21-12-8-10-16(21)13-20(4)18(15(3)19)17-11-7-6-9-14(17)2/h6-7,9,11,15-16,18H,5,8,10,12-13,19H2,1-4H3. The maximum absolute atomic E-state index is 6.32. The first-order valence-corrected chi connectivity index (χ1v) is 8.30. The highest BCUT2D eigenvalue weighted by Crippen LogP contribution is 2.27. The normalized spacial score (nSPS) is 22.7. The molecule has 1 aromatic rings. The zero-order valence-electron chi connectivity index (χ0n) is 14.0. The van der Waals surface area contributed by atoms with Crippen molar-refractivity contribution < 1.29 is 0 Å². The molecule has 1 fully saturated rings. The first kappa shape index (κ1) is 16.5. The van der Waals surface area contributed by atoms with Crippen molar-refractivity contribution in [2.24, 2.45) is 5.73 Å². The Morgan fingerprint density at radius 3 is 2.71 bits per heavy atom. The summed E-state index contributed by atoms with van der Waals surface area (Å²) >= 11 is 0. The number of benzene rings is 1. The maximum Gasteiger partial charge on any atom is 0.0496 e. The van der Waals surface area contributed by atoms with E-state index in [1.165, 1.54) is 30.5 Å². The molecule has 0 saturated carbocycles. The fraction of sp³-hybridized carbons (Fsp3) is 0.667. The van der Waals surface area contributed by atoms with E-state index in [4.69, 9.17) is 5.73 Å². The zero-order chi connectivity index (χ0) is 15.4. The molecule has 3 atom stereocenters. The van der Waals surface area contributed by atoms with Crippen LogP contribution in [-0.2, 0) is 0 Å². The SMILES string of the molecule is CCN1CCCC1CN(C)C(c1ccccc1C)C(C)N. The Hall–Kier alpha value is -0.900. The van der Waals surface area contributed by atoms with Crippen molar-refractivity contribution in [3.8, 4) is 0 Å². The third-order valence-electron chi connectivity index (χ3n) is 4.88. The number of nitrogens with zero attached hydrogens (tertiary/aromatic N) is 2. The van der Waals surface area contributed by atoms with Crippen LogP contribution in [0.4, 0.5) is 0 Å². The molecule has 2 rings (SSSR count). The van der Waals surface area contributed by atoms with Crippen LogP contribution in [0, 0.1) is 6.92 Å². The fourth-order valence-electron chi connectivity index (χ4n) is 3.80. The van der Waals surface area contributed by atoms with Gasteiger partial charge in [0.05, 0.1) is 0 Å². The number of aryl methyl sites for hydroxylation is 1. The van der Waals surface area contributed by atoms with Gasteiger partial charge in [-0.25, -0.2) is 0 Å². The summed E-state index contributed by atoms with van der Waals surface area (Å²) in [6.45, 7) is 10.1. The second kappa shape index (κ2) is 7.39. The molecule has 1 saturated heterocycles. The van der Waals surface area contributed by atoms with Crippen molar-refractivity contribution in [1.82, 2.24) is 9.80 Å². The van der Waals surface area contributed by atoms with Crippen molar-refractivity contribution >= 4 is 0 Å². The quantitative estimate of drug-likeness (QED) is 0.874. The van der Waals surface area contributed by atoms with Gasteiger partial charge in [-0.15, -0.1) is 0 Å². The van der Waals surface area contributed by atoms with Crippen LogP contribution in [0.5, 0.6) is 0 Å². The van der Waals surface area contributed by atoms with E-state index >= 15 is 0 Å². The van der Waals surface area contributed by atoms with Crippen LogP contribution in [0.1, 0.15) is 43.9 Å². The highest BCUT2D eigenvalue weighted by molar-refractivity contribution is 5.29.